The first-order valence-electron chi connectivity index (χ1n) is 10.1. The molecule has 0 spiro atoms. The van der Waals surface area contributed by atoms with E-state index in [1.165, 1.54) is 6.20 Å². The summed E-state index contributed by atoms with van der Waals surface area (Å²) in [6, 6.07) is 13.6. The SMILES string of the molecule is O=C(Nc1ccc(Cl)cn1)C1CCN(c2nc(-c3ccsc3)nc3ccccc23)CC1. The molecule has 1 aromatic carbocycles. The molecule has 1 N–H and O–H groups in total. The number of aromatic nitrogens is 3. The fraction of sp³-hybridized carbons (Fsp3) is 0.217. The third kappa shape index (κ3) is 4.24. The van der Waals surface area contributed by atoms with Gasteiger partial charge in [-0.25, -0.2) is 15.0 Å². The molecule has 8 heteroatoms. The molecule has 1 saturated heterocycles. The van der Waals surface area contributed by atoms with Crippen LogP contribution in [0.15, 0.2) is 59.4 Å². The Bertz CT molecular complexity index is 1200. The number of piperidine rings is 1. The van der Waals surface area contributed by atoms with E-state index in [0.29, 0.717) is 10.8 Å². The van der Waals surface area contributed by atoms with Crippen LogP contribution in [0, 0.1) is 5.92 Å². The van der Waals surface area contributed by atoms with Gasteiger partial charge in [0.25, 0.3) is 0 Å². The zero-order valence-corrected chi connectivity index (χ0v) is 18.2. The van der Waals surface area contributed by atoms with Gasteiger partial charge in [-0.2, -0.15) is 11.3 Å². The zero-order valence-electron chi connectivity index (χ0n) is 16.7. The first kappa shape index (κ1) is 19.9. The number of carbonyl (C=O) groups excluding carboxylic acids is 1. The van der Waals surface area contributed by atoms with E-state index in [2.05, 4.69) is 26.6 Å². The van der Waals surface area contributed by atoms with Crippen LogP contribution < -0.4 is 10.2 Å². The van der Waals surface area contributed by atoms with Crippen LogP contribution in [0.1, 0.15) is 12.8 Å². The van der Waals surface area contributed by atoms with E-state index < -0.39 is 0 Å². The number of pyridine rings is 1. The molecule has 1 aliphatic rings. The Labute approximate surface area is 188 Å². The predicted octanol–water partition coefficient (Wildman–Crippen LogP) is 5.26. The van der Waals surface area contributed by atoms with Crippen LogP contribution in [0.3, 0.4) is 0 Å². The average Bonchev–Trinajstić information content (AvgIpc) is 3.35. The van der Waals surface area contributed by atoms with Crippen molar-refractivity contribution in [2.75, 3.05) is 23.3 Å². The van der Waals surface area contributed by atoms with Gasteiger partial charge in [-0.15, -0.1) is 0 Å². The summed E-state index contributed by atoms with van der Waals surface area (Å²) >= 11 is 7.50. The lowest BCUT2D eigenvalue weighted by Crippen LogP contribution is -2.38. The van der Waals surface area contributed by atoms with Gasteiger partial charge in [0.2, 0.25) is 5.91 Å². The van der Waals surface area contributed by atoms with Gasteiger partial charge in [0.15, 0.2) is 5.82 Å². The Kier molecular flexibility index (Phi) is 5.53. The summed E-state index contributed by atoms with van der Waals surface area (Å²) in [5.74, 6) is 2.15. The summed E-state index contributed by atoms with van der Waals surface area (Å²) in [7, 11) is 0. The van der Waals surface area contributed by atoms with Crippen LogP contribution in [0.5, 0.6) is 0 Å². The summed E-state index contributed by atoms with van der Waals surface area (Å²) in [5.41, 5.74) is 1.96. The molecule has 156 valence electrons. The number of carbonyl (C=O) groups is 1. The van der Waals surface area contributed by atoms with E-state index in [-0.39, 0.29) is 11.8 Å². The van der Waals surface area contributed by atoms with E-state index in [0.717, 1.165) is 54.0 Å². The standard InChI is InChI=1S/C23H20ClN5OS/c24-17-5-6-20(25-13-17)27-23(30)15-7-10-29(11-8-15)22-18-3-1-2-4-19(18)26-21(28-22)16-9-12-31-14-16/h1-6,9,12-15H,7-8,10-11H2,(H,25,27,30). The van der Waals surface area contributed by atoms with Crippen molar-refractivity contribution in [2.45, 2.75) is 12.8 Å². The van der Waals surface area contributed by atoms with Gasteiger partial charge in [-0.1, -0.05) is 23.7 Å². The number of anilines is 2. The van der Waals surface area contributed by atoms with Gasteiger partial charge in [-0.05, 0) is 48.6 Å². The molecule has 0 radical (unpaired) electrons. The molecule has 1 aliphatic heterocycles. The molecule has 0 saturated carbocycles. The van der Waals surface area contributed by atoms with Crippen LogP contribution in [0.4, 0.5) is 11.6 Å². The van der Waals surface area contributed by atoms with E-state index in [4.69, 9.17) is 21.6 Å². The Balaban J connectivity index is 1.34. The highest BCUT2D eigenvalue weighted by Gasteiger charge is 2.27. The number of rotatable bonds is 4. The summed E-state index contributed by atoms with van der Waals surface area (Å²) in [5, 5.41) is 8.58. The van der Waals surface area contributed by atoms with Crippen molar-refractivity contribution in [3.05, 3.63) is 64.4 Å². The van der Waals surface area contributed by atoms with Crippen molar-refractivity contribution < 1.29 is 4.79 Å². The van der Waals surface area contributed by atoms with Crippen LogP contribution in [-0.2, 0) is 4.79 Å². The number of thiophene rings is 1. The number of benzene rings is 1. The van der Waals surface area contributed by atoms with E-state index in [1.54, 1.807) is 23.5 Å². The highest BCUT2D eigenvalue weighted by molar-refractivity contribution is 7.08. The average molecular weight is 450 g/mol. The van der Waals surface area contributed by atoms with Crippen LogP contribution in [0.25, 0.3) is 22.3 Å². The Hall–Kier alpha value is -3.03. The lowest BCUT2D eigenvalue weighted by Gasteiger charge is -2.32. The fourth-order valence-electron chi connectivity index (χ4n) is 3.85. The minimum absolute atomic E-state index is 0.000908. The zero-order chi connectivity index (χ0) is 21.2. The number of nitrogens with zero attached hydrogens (tertiary/aromatic N) is 4. The highest BCUT2D eigenvalue weighted by Crippen LogP contribution is 2.31. The van der Waals surface area contributed by atoms with Crippen LogP contribution in [0.2, 0.25) is 5.02 Å². The minimum atomic E-state index is -0.0572. The fourth-order valence-corrected chi connectivity index (χ4v) is 4.60. The smallest absolute Gasteiger partial charge is 0.228 e. The molecule has 0 atom stereocenters. The van der Waals surface area contributed by atoms with Gasteiger partial charge in [0, 0.05) is 41.5 Å². The maximum atomic E-state index is 12.7. The molecule has 0 bridgehead atoms. The number of amides is 1. The number of hydrogen-bond donors (Lipinski definition) is 1. The van der Waals surface area contributed by atoms with E-state index in [1.807, 2.05) is 29.6 Å². The molecule has 4 heterocycles. The molecule has 4 aromatic rings. The lowest BCUT2D eigenvalue weighted by molar-refractivity contribution is -0.120. The largest absolute Gasteiger partial charge is 0.356 e. The van der Waals surface area contributed by atoms with Gasteiger partial charge in [0.05, 0.1) is 10.5 Å². The molecule has 1 amide bonds. The minimum Gasteiger partial charge on any atom is -0.356 e. The topological polar surface area (TPSA) is 71.0 Å². The molecule has 0 unspecified atom stereocenters. The van der Waals surface area contributed by atoms with Crippen molar-refractivity contribution in [3.63, 3.8) is 0 Å². The first-order valence-corrected chi connectivity index (χ1v) is 11.5. The number of para-hydroxylation sites is 1. The summed E-state index contributed by atoms with van der Waals surface area (Å²) in [6.45, 7) is 1.52. The summed E-state index contributed by atoms with van der Waals surface area (Å²) in [4.78, 5) is 28.8. The Morgan fingerprint density at radius 1 is 1.10 bits per heavy atom. The van der Waals surface area contributed by atoms with Crippen LogP contribution in [-0.4, -0.2) is 33.9 Å². The molecule has 1 fully saturated rings. The van der Waals surface area contributed by atoms with Crippen molar-refractivity contribution in [2.24, 2.45) is 5.92 Å². The predicted molar refractivity (Wildman–Crippen MR) is 126 cm³/mol. The molecular weight excluding hydrogens is 430 g/mol. The first-order chi connectivity index (χ1) is 15.2. The second kappa shape index (κ2) is 8.61. The number of halogens is 1. The maximum Gasteiger partial charge on any atom is 0.228 e. The molecule has 3 aromatic heterocycles. The molecule has 5 rings (SSSR count). The molecule has 0 aliphatic carbocycles. The molecular formula is C23H20ClN5OS. The third-order valence-electron chi connectivity index (χ3n) is 5.51. The Morgan fingerprint density at radius 3 is 2.68 bits per heavy atom. The molecule has 6 nitrogen and oxygen atoms in total. The van der Waals surface area contributed by atoms with E-state index in [9.17, 15) is 4.79 Å². The number of hydrogen-bond acceptors (Lipinski definition) is 6. The lowest BCUT2D eigenvalue weighted by atomic mass is 9.95. The van der Waals surface area contributed by atoms with Gasteiger partial charge < -0.3 is 10.2 Å². The van der Waals surface area contributed by atoms with Crippen LogP contribution >= 0.6 is 22.9 Å². The van der Waals surface area contributed by atoms with Gasteiger partial charge >= 0.3 is 0 Å². The van der Waals surface area contributed by atoms with Gasteiger partial charge in [-0.3, -0.25) is 4.79 Å². The van der Waals surface area contributed by atoms with Crippen molar-refractivity contribution in [3.8, 4) is 11.4 Å². The maximum absolute atomic E-state index is 12.7. The second-order valence-electron chi connectivity index (χ2n) is 7.51. The highest BCUT2D eigenvalue weighted by atomic mass is 35.5. The second-order valence-corrected chi connectivity index (χ2v) is 8.73. The van der Waals surface area contributed by atoms with Crippen molar-refractivity contribution in [1.29, 1.82) is 0 Å². The van der Waals surface area contributed by atoms with Crippen molar-refractivity contribution in [1.82, 2.24) is 15.0 Å². The summed E-state index contributed by atoms with van der Waals surface area (Å²) < 4.78 is 0. The Morgan fingerprint density at radius 2 is 1.94 bits per heavy atom. The van der Waals surface area contributed by atoms with E-state index >= 15 is 0 Å². The third-order valence-corrected chi connectivity index (χ3v) is 6.41. The normalized spacial score (nSPS) is 14.7. The quantitative estimate of drug-likeness (QED) is 0.460. The summed E-state index contributed by atoms with van der Waals surface area (Å²) in [6.07, 6.45) is 3.04. The van der Waals surface area contributed by atoms with Crippen molar-refractivity contribution >= 4 is 51.4 Å². The van der Waals surface area contributed by atoms with Gasteiger partial charge in [0.1, 0.15) is 11.6 Å². The number of nitrogens with one attached hydrogen (secondary N) is 1. The number of fused-ring (bicyclic) bond motifs is 1. The molecule has 31 heavy (non-hydrogen) atoms. The monoisotopic (exact) mass is 449 g/mol.